The summed E-state index contributed by atoms with van der Waals surface area (Å²) < 4.78 is 4.80. The fourth-order valence-electron chi connectivity index (χ4n) is 6.91. The van der Waals surface area contributed by atoms with E-state index in [1.165, 1.54) is 26.4 Å². The van der Waals surface area contributed by atoms with Crippen molar-refractivity contribution in [3.8, 4) is 0 Å². The van der Waals surface area contributed by atoms with Gasteiger partial charge >= 0.3 is 5.97 Å². The fraction of sp³-hybridized carbons (Fsp3) is 0.464. The van der Waals surface area contributed by atoms with Gasteiger partial charge in [0.2, 0.25) is 11.8 Å². The summed E-state index contributed by atoms with van der Waals surface area (Å²) in [6, 6.07) is 12.5. The van der Waals surface area contributed by atoms with Gasteiger partial charge in [0.05, 0.1) is 18.6 Å². The quantitative estimate of drug-likeness (QED) is 0.612. The molecule has 4 aliphatic rings. The summed E-state index contributed by atoms with van der Waals surface area (Å²) in [5.41, 5.74) is 2.05. The highest BCUT2D eigenvalue weighted by molar-refractivity contribution is 6.31. The molecule has 0 bridgehead atoms. The van der Waals surface area contributed by atoms with Crippen molar-refractivity contribution in [2.45, 2.75) is 50.1 Å². The van der Waals surface area contributed by atoms with E-state index < -0.39 is 11.5 Å². The first kappa shape index (κ1) is 23.5. The Morgan fingerprint density at radius 3 is 2.58 bits per heavy atom. The summed E-state index contributed by atoms with van der Waals surface area (Å²) in [5, 5.41) is 3.66. The molecule has 36 heavy (non-hydrogen) atoms. The third-order valence-electron chi connectivity index (χ3n) is 8.65. The number of esters is 1. The molecule has 0 unspecified atom stereocenters. The number of hydrogen-bond donors (Lipinski definition) is 1. The van der Waals surface area contributed by atoms with E-state index in [1.54, 1.807) is 24.3 Å². The van der Waals surface area contributed by atoms with Crippen molar-refractivity contribution in [3.63, 3.8) is 0 Å². The molecule has 188 valence electrons. The van der Waals surface area contributed by atoms with Crippen LogP contribution in [0.1, 0.15) is 54.4 Å². The molecule has 2 aromatic carbocycles. The van der Waals surface area contributed by atoms with E-state index in [9.17, 15) is 14.4 Å². The van der Waals surface area contributed by atoms with Gasteiger partial charge in [-0.3, -0.25) is 14.5 Å². The Bertz CT molecular complexity index is 1230. The number of nitrogens with zero attached hydrogens (tertiary/aromatic N) is 2. The number of benzene rings is 2. The molecule has 8 heteroatoms. The molecular weight excluding hydrogens is 478 g/mol. The molecule has 3 atom stereocenters. The second-order valence-electron chi connectivity index (χ2n) is 10.5. The lowest BCUT2D eigenvalue weighted by molar-refractivity contribution is -0.127. The van der Waals surface area contributed by atoms with Crippen molar-refractivity contribution in [2.24, 2.45) is 11.8 Å². The van der Waals surface area contributed by atoms with Gasteiger partial charge < -0.3 is 15.0 Å². The first-order valence-electron chi connectivity index (χ1n) is 12.8. The minimum atomic E-state index is -0.844. The predicted octanol–water partition coefficient (Wildman–Crippen LogP) is 4.59. The van der Waals surface area contributed by atoms with E-state index in [-0.39, 0.29) is 23.8 Å². The van der Waals surface area contributed by atoms with Crippen LogP contribution in [0.15, 0.2) is 42.5 Å². The molecule has 2 amide bonds. The molecule has 0 aromatic heterocycles. The van der Waals surface area contributed by atoms with Gasteiger partial charge in [0.15, 0.2) is 0 Å². The first-order valence-corrected chi connectivity index (χ1v) is 13.2. The number of amides is 2. The molecule has 1 aliphatic carbocycles. The summed E-state index contributed by atoms with van der Waals surface area (Å²) in [6.07, 6.45) is 6.48. The highest BCUT2D eigenvalue weighted by atomic mass is 35.5. The summed E-state index contributed by atoms with van der Waals surface area (Å²) >= 11 is 6.25. The van der Waals surface area contributed by atoms with Crippen LogP contribution in [0.2, 0.25) is 5.02 Å². The average molecular weight is 508 g/mol. The number of ether oxygens (including phenoxy) is 1. The smallest absolute Gasteiger partial charge is 0.337 e. The van der Waals surface area contributed by atoms with Crippen LogP contribution in [-0.2, 0) is 19.9 Å². The molecule has 2 aromatic rings. The van der Waals surface area contributed by atoms with Gasteiger partial charge in [-0.15, -0.1) is 0 Å². The van der Waals surface area contributed by atoms with E-state index in [0.29, 0.717) is 29.5 Å². The zero-order valence-electron chi connectivity index (χ0n) is 20.3. The van der Waals surface area contributed by atoms with Crippen LogP contribution in [-0.4, -0.2) is 48.9 Å². The second kappa shape index (κ2) is 8.89. The number of methoxy groups -OCH3 is 1. The number of nitrogens with one attached hydrogen (secondary N) is 1. The minimum absolute atomic E-state index is 0.0338. The number of carbonyl (C=O) groups is 3. The number of hydrogen-bond acceptors (Lipinski definition) is 5. The number of anilines is 2. The normalized spacial score (nSPS) is 27.9. The zero-order valence-corrected chi connectivity index (χ0v) is 21.1. The minimum Gasteiger partial charge on any atom is -0.465 e. The lowest BCUT2D eigenvalue weighted by Crippen LogP contribution is -2.53. The molecule has 3 aliphatic heterocycles. The maximum atomic E-state index is 13.8. The summed E-state index contributed by atoms with van der Waals surface area (Å²) in [7, 11) is 1.35. The molecule has 2 saturated heterocycles. The van der Waals surface area contributed by atoms with Crippen molar-refractivity contribution in [3.05, 3.63) is 58.6 Å². The van der Waals surface area contributed by atoms with Gasteiger partial charge in [-0.1, -0.05) is 36.9 Å². The molecule has 3 heterocycles. The first-order chi connectivity index (χ1) is 17.4. The number of halogens is 1. The van der Waals surface area contributed by atoms with Crippen LogP contribution in [0.5, 0.6) is 0 Å². The molecule has 6 rings (SSSR count). The second-order valence-corrected chi connectivity index (χ2v) is 11.0. The van der Waals surface area contributed by atoms with Crippen LogP contribution in [0.4, 0.5) is 11.4 Å². The van der Waals surface area contributed by atoms with Crippen LogP contribution in [0, 0.1) is 11.8 Å². The Morgan fingerprint density at radius 1 is 1.11 bits per heavy atom. The highest BCUT2D eigenvalue weighted by Crippen LogP contribution is 2.55. The van der Waals surface area contributed by atoms with Gasteiger partial charge in [-0.2, -0.15) is 0 Å². The standard InChI is InChI=1S/C28H30ClN3O4/c1-36-26(34)18-7-10-20(11-8-18)31-16-24-21(25(31)33)14-28(32(24)15-17-5-3-2-4-6-17)22-12-9-19(29)13-23(22)30-27(28)35/h7-13,17,21,24H,2-6,14-16H2,1H3,(H,30,35)/t21-,24-,28-/m1/s1. The third kappa shape index (κ3) is 3.55. The number of fused-ring (bicyclic) bond motifs is 3. The Hall–Kier alpha value is -2.90. The zero-order chi connectivity index (χ0) is 25.0. The Labute approximate surface area is 215 Å². The number of rotatable bonds is 4. The van der Waals surface area contributed by atoms with Gasteiger partial charge in [0, 0.05) is 41.1 Å². The lowest BCUT2D eigenvalue weighted by atomic mass is 9.84. The topological polar surface area (TPSA) is 79.0 Å². The van der Waals surface area contributed by atoms with Crippen LogP contribution >= 0.6 is 11.6 Å². The summed E-state index contributed by atoms with van der Waals surface area (Å²) in [5.74, 6) is -0.181. The van der Waals surface area contributed by atoms with Crippen molar-refractivity contribution < 1.29 is 19.1 Å². The molecule has 3 fully saturated rings. The van der Waals surface area contributed by atoms with E-state index in [0.717, 1.165) is 36.3 Å². The molecular formula is C28H30ClN3O4. The Kier molecular flexibility index (Phi) is 5.80. The van der Waals surface area contributed by atoms with Gasteiger partial charge in [-0.05, 0) is 61.6 Å². The summed E-state index contributed by atoms with van der Waals surface area (Å²) in [4.78, 5) is 43.4. The molecule has 1 N–H and O–H groups in total. The van der Waals surface area contributed by atoms with Crippen molar-refractivity contribution in [1.82, 2.24) is 4.90 Å². The predicted molar refractivity (Wildman–Crippen MR) is 137 cm³/mol. The molecule has 1 spiro atoms. The fourth-order valence-corrected chi connectivity index (χ4v) is 7.08. The Balaban J connectivity index is 1.35. The summed E-state index contributed by atoms with van der Waals surface area (Å²) in [6.45, 7) is 1.32. The number of likely N-dealkylation sites (tertiary alicyclic amines) is 1. The van der Waals surface area contributed by atoms with Gasteiger partial charge in [0.1, 0.15) is 5.54 Å². The largest absolute Gasteiger partial charge is 0.465 e. The third-order valence-corrected chi connectivity index (χ3v) is 8.89. The molecule has 7 nitrogen and oxygen atoms in total. The highest BCUT2D eigenvalue weighted by Gasteiger charge is 2.64. The van der Waals surface area contributed by atoms with E-state index >= 15 is 0 Å². The SMILES string of the molecule is COC(=O)c1ccc(N2C[C@@H]3[C@@H](C[C@@]4(C(=O)Nc5cc(Cl)ccc54)N3CC3CCCCC3)C2=O)cc1. The maximum absolute atomic E-state index is 13.8. The maximum Gasteiger partial charge on any atom is 0.337 e. The van der Waals surface area contributed by atoms with Crippen LogP contribution in [0.25, 0.3) is 0 Å². The molecule has 0 radical (unpaired) electrons. The van der Waals surface area contributed by atoms with E-state index in [1.807, 2.05) is 23.1 Å². The van der Waals surface area contributed by atoms with E-state index in [2.05, 4.69) is 10.2 Å². The van der Waals surface area contributed by atoms with E-state index in [4.69, 9.17) is 16.3 Å². The number of carbonyl (C=O) groups excluding carboxylic acids is 3. The van der Waals surface area contributed by atoms with Crippen LogP contribution in [0.3, 0.4) is 0 Å². The lowest BCUT2D eigenvalue weighted by Gasteiger charge is -2.40. The van der Waals surface area contributed by atoms with Crippen LogP contribution < -0.4 is 10.2 Å². The van der Waals surface area contributed by atoms with Crippen molar-refractivity contribution in [2.75, 3.05) is 30.4 Å². The van der Waals surface area contributed by atoms with Gasteiger partial charge in [0.25, 0.3) is 0 Å². The monoisotopic (exact) mass is 507 g/mol. The average Bonchev–Trinajstić information content (AvgIpc) is 3.48. The molecule has 1 saturated carbocycles. The van der Waals surface area contributed by atoms with Crippen molar-refractivity contribution in [1.29, 1.82) is 0 Å². The van der Waals surface area contributed by atoms with Gasteiger partial charge in [-0.25, -0.2) is 4.79 Å². The Morgan fingerprint density at radius 2 is 1.86 bits per heavy atom. The van der Waals surface area contributed by atoms with Crippen molar-refractivity contribution >= 4 is 40.8 Å².